The second-order valence-corrected chi connectivity index (χ2v) is 17.9. The largest absolute Gasteiger partial charge is 0.376 e. The average molecular weight is 761 g/mol. The summed E-state index contributed by atoms with van der Waals surface area (Å²) < 4.78 is 2.41. The molecule has 6 heteroatoms. The molecule has 5 aromatic carbocycles. The number of aryl methyl sites for hydroxylation is 3. The van der Waals surface area contributed by atoms with Gasteiger partial charge in [0, 0.05) is 30.3 Å². The summed E-state index contributed by atoms with van der Waals surface area (Å²) in [7, 11) is 0. The molecule has 1 unspecified atom stereocenters. The molecule has 0 bridgehead atoms. The van der Waals surface area contributed by atoms with Crippen LogP contribution in [0.5, 0.6) is 0 Å². The molecule has 4 aromatic heterocycles. The lowest BCUT2D eigenvalue weighted by atomic mass is 9.80. The standard InChI is InChI=1S/C47H36O2S4/c1-29-9-15-35(16-10-29)46(48,34-7-5-4-6-8-34)38-21-23-50-44(38)42-27-32-25-41-33(26-40(32)52-42)28-43(53-41)45-39(22-24-51-45)47(49,36-17-11-30(2)12-18-36)37-19-13-31(3)14-20-37/h4-28,48-49H,1-3H3. The maximum absolute atomic E-state index is 12.8. The van der Waals surface area contributed by atoms with E-state index in [0.717, 1.165) is 69.6 Å². The lowest BCUT2D eigenvalue weighted by Gasteiger charge is -2.30. The Morgan fingerprint density at radius 2 is 0.774 bits per heavy atom. The van der Waals surface area contributed by atoms with Gasteiger partial charge < -0.3 is 10.2 Å². The monoisotopic (exact) mass is 760 g/mol. The van der Waals surface area contributed by atoms with E-state index in [-0.39, 0.29) is 0 Å². The fourth-order valence-electron chi connectivity index (χ4n) is 7.38. The Bertz CT molecular complexity index is 2610. The molecule has 0 saturated heterocycles. The van der Waals surface area contributed by atoms with Crippen LogP contribution in [0.15, 0.2) is 150 Å². The normalized spacial score (nSPS) is 13.2. The van der Waals surface area contributed by atoms with Gasteiger partial charge in [0.1, 0.15) is 11.2 Å². The summed E-state index contributed by atoms with van der Waals surface area (Å²) in [4.78, 5) is 4.45. The van der Waals surface area contributed by atoms with Gasteiger partial charge in [0.15, 0.2) is 0 Å². The third-order valence-electron chi connectivity index (χ3n) is 10.3. The summed E-state index contributed by atoms with van der Waals surface area (Å²) >= 11 is 6.90. The zero-order valence-corrected chi connectivity index (χ0v) is 32.7. The van der Waals surface area contributed by atoms with Crippen molar-refractivity contribution in [2.75, 3.05) is 0 Å². The number of hydrogen-bond acceptors (Lipinski definition) is 6. The Kier molecular flexibility index (Phi) is 8.58. The lowest BCUT2D eigenvalue weighted by Crippen LogP contribution is -2.29. The summed E-state index contributed by atoms with van der Waals surface area (Å²) in [6.45, 7) is 6.22. The molecular weight excluding hydrogens is 725 g/mol. The molecule has 9 rings (SSSR count). The van der Waals surface area contributed by atoms with Gasteiger partial charge in [-0.1, -0.05) is 120 Å². The van der Waals surface area contributed by atoms with E-state index in [4.69, 9.17) is 0 Å². The molecule has 53 heavy (non-hydrogen) atoms. The predicted octanol–water partition coefficient (Wildman–Crippen LogP) is 13.1. The van der Waals surface area contributed by atoms with Gasteiger partial charge >= 0.3 is 0 Å². The first-order valence-electron chi connectivity index (χ1n) is 17.6. The molecule has 2 N–H and O–H groups in total. The smallest absolute Gasteiger partial charge is 0.142 e. The minimum atomic E-state index is -1.30. The van der Waals surface area contributed by atoms with Crippen molar-refractivity contribution in [2.45, 2.75) is 32.0 Å². The Balaban J connectivity index is 1.12. The van der Waals surface area contributed by atoms with Crippen molar-refractivity contribution in [3.8, 4) is 19.5 Å². The van der Waals surface area contributed by atoms with Gasteiger partial charge in [0.05, 0.1) is 9.75 Å². The maximum atomic E-state index is 12.8. The van der Waals surface area contributed by atoms with Crippen LogP contribution in [0.3, 0.4) is 0 Å². The van der Waals surface area contributed by atoms with E-state index < -0.39 is 11.2 Å². The van der Waals surface area contributed by atoms with Crippen LogP contribution >= 0.6 is 45.3 Å². The number of fused-ring (bicyclic) bond motifs is 2. The zero-order chi connectivity index (χ0) is 36.3. The molecule has 2 nitrogen and oxygen atoms in total. The van der Waals surface area contributed by atoms with Gasteiger partial charge in [-0.2, -0.15) is 0 Å². The summed E-state index contributed by atoms with van der Waals surface area (Å²) in [5.41, 5.74) is 6.09. The maximum Gasteiger partial charge on any atom is 0.142 e. The summed E-state index contributed by atoms with van der Waals surface area (Å²) in [6, 6.07) is 48.0. The van der Waals surface area contributed by atoms with Crippen molar-refractivity contribution >= 4 is 65.5 Å². The average Bonchev–Trinajstić information content (AvgIpc) is 4.00. The van der Waals surface area contributed by atoms with E-state index in [1.54, 1.807) is 45.3 Å². The van der Waals surface area contributed by atoms with E-state index >= 15 is 0 Å². The van der Waals surface area contributed by atoms with Crippen molar-refractivity contribution in [1.29, 1.82) is 0 Å². The molecule has 0 aliphatic carbocycles. The summed E-state index contributed by atoms with van der Waals surface area (Å²) in [5.74, 6) is 0. The minimum Gasteiger partial charge on any atom is -0.376 e. The van der Waals surface area contributed by atoms with Crippen molar-refractivity contribution in [3.05, 3.63) is 200 Å². The summed E-state index contributed by atoms with van der Waals surface area (Å²) in [5, 5.41) is 32.1. The Morgan fingerprint density at radius 1 is 0.415 bits per heavy atom. The molecule has 0 amide bonds. The second-order valence-electron chi connectivity index (χ2n) is 13.9. The van der Waals surface area contributed by atoms with Gasteiger partial charge in [0.2, 0.25) is 0 Å². The van der Waals surface area contributed by atoms with E-state index in [2.05, 4.69) is 104 Å². The Morgan fingerprint density at radius 3 is 1.15 bits per heavy atom. The quantitative estimate of drug-likeness (QED) is 0.162. The first-order chi connectivity index (χ1) is 25.7. The van der Waals surface area contributed by atoms with Crippen molar-refractivity contribution in [2.24, 2.45) is 0 Å². The number of thiophene rings is 4. The predicted molar refractivity (Wildman–Crippen MR) is 228 cm³/mol. The van der Waals surface area contributed by atoms with E-state index in [1.165, 1.54) is 20.2 Å². The minimum absolute atomic E-state index is 0.849. The molecule has 0 aliphatic heterocycles. The van der Waals surface area contributed by atoms with E-state index in [0.29, 0.717) is 0 Å². The van der Waals surface area contributed by atoms with Crippen LogP contribution in [0.4, 0.5) is 0 Å². The SMILES string of the molecule is Cc1ccc(C(O)(c2ccccc2)c2ccsc2-c2cc3cc4sc(-c5sccc5C(O)(c5ccc(C)cc5)c5ccc(C)cc5)cc4cc3s2)cc1. The van der Waals surface area contributed by atoms with Crippen LogP contribution in [-0.4, -0.2) is 10.2 Å². The number of benzene rings is 5. The van der Waals surface area contributed by atoms with Gasteiger partial charge in [-0.05, 0) is 101 Å². The van der Waals surface area contributed by atoms with Gasteiger partial charge in [-0.15, -0.1) is 45.3 Å². The number of hydrogen-bond donors (Lipinski definition) is 2. The molecular formula is C47H36O2S4. The number of rotatable bonds is 8. The number of aliphatic hydroxyl groups is 2. The molecule has 0 saturated carbocycles. The van der Waals surface area contributed by atoms with Crippen LogP contribution in [-0.2, 0) is 11.2 Å². The Labute approximate surface area is 325 Å². The highest BCUT2D eigenvalue weighted by molar-refractivity contribution is 7.27. The molecule has 9 aromatic rings. The first kappa shape index (κ1) is 34.1. The molecule has 260 valence electrons. The molecule has 1 atom stereocenters. The Hall–Kier alpha value is -4.66. The zero-order valence-electron chi connectivity index (χ0n) is 29.5. The molecule has 0 radical (unpaired) electrons. The third kappa shape index (κ3) is 5.82. The highest BCUT2D eigenvalue weighted by Crippen LogP contribution is 2.50. The second kappa shape index (κ2) is 13.3. The molecule has 0 fully saturated rings. The fraction of sp³-hybridized carbons (Fsp3) is 0.106. The van der Waals surface area contributed by atoms with Gasteiger partial charge in [-0.3, -0.25) is 0 Å². The van der Waals surface area contributed by atoms with Crippen molar-refractivity contribution in [1.82, 2.24) is 0 Å². The molecule has 0 spiro atoms. The molecule has 0 aliphatic rings. The van der Waals surface area contributed by atoms with Gasteiger partial charge in [0.25, 0.3) is 0 Å². The van der Waals surface area contributed by atoms with Crippen molar-refractivity contribution < 1.29 is 10.2 Å². The summed E-state index contributed by atoms with van der Waals surface area (Å²) in [6.07, 6.45) is 0. The third-order valence-corrected chi connectivity index (χ3v) is 14.7. The van der Waals surface area contributed by atoms with Crippen LogP contribution in [0, 0.1) is 20.8 Å². The van der Waals surface area contributed by atoms with Crippen LogP contribution in [0.2, 0.25) is 0 Å². The van der Waals surface area contributed by atoms with Crippen LogP contribution < -0.4 is 0 Å². The van der Waals surface area contributed by atoms with Crippen LogP contribution in [0.25, 0.3) is 39.7 Å². The highest BCUT2D eigenvalue weighted by Gasteiger charge is 2.38. The topological polar surface area (TPSA) is 40.5 Å². The van der Waals surface area contributed by atoms with Gasteiger partial charge in [-0.25, -0.2) is 0 Å². The van der Waals surface area contributed by atoms with Crippen molar-refractivity contribution in [3.63, 3.8) is 0 Å². The fourth-order valence-corrected chi connectivity index (χ4v) is 11.7. The first-order valence-corrected chi connectivity index (χ1v) is 21.0. The highest BCUT2D eigenvalue weighted by atomic mass is 32.1. The van der Waals surface area contributed by atoms with E-state index in [9.17, 15) is 10.2 Å². The van der Waals surface area contributed by atoms with Crippen LogP contribution in [0.1, 0.15) is 50.1 Å². The molecule has 4 heterocycles. The van der Waals surface area contributed by atoms with E-state index in [1.807, 2.05) is 66.7 Å². The lowest BCUT2D eigenvalue weighted by molar-refractivity contribution is 0.126.